The number of rotatable bonds is 2. The minimum atomic E-state index is 0.279. The summed E-state index contributed by atoms with van der Waals surface area (Å²) in [5.41, 5.74) is 1.27. The molecule has 0 aliphatic carbocycles. The largest absolute Gasteiger partial charge is 0.439 e. The zero-order valence-corrected chi connectivity index (χ0v) is 9.29. The van der Waals surface area contributed by atoms with Crippen molar-refractivity contribution in [1.29, 1.82) is 5.26 Å². The van der Waals surface area contributed by atoms with Gasteiger partial charge < -0.3 is 9.72 Å². The van der Waals surface area contributed by atoms with Gasteiger partial charge in [-0.15, -0.1) is 0 Å². The molecule has 0 spiro atoms. The molecule has 3 aromatic rings. The Labute approximate surface area is 103 Å². The van der Waals surface area contributed by atoms with Crippen LogP contribution in [0.2, 0.25) is 0 Å². The van der Waals surface area contributed by atoms with Crippen molar-refractivity contribution < 1.29 is 4.74 Å². The van der Waals surface area contributed by atoms with Gasteiger partial charge in [-0.2, -0.15) is 5.26 Å². The van der Waals surface area contributed by atoms with Gasteiger partial charge >= 0.3 is 0 Å². The van der Waals surface area contributed by atoms with Gasteiger partial charge in [0.25, 0.3) is 0 Å². The van der Waals surface area contributed by atoms with Crippen LogP contribution in [-0.2, 0) is 0 Å². The molecule has 0 saturated heterocycles. The van der Waals surface area contributed by atoms with Crippen LogP contribution in [0.4, 0.5) is 0 Å². The van der Waals surface area contributed by atoms with Crippen molar-refractivity contribution in [2.75, 3.05) is 0 Å². The van der Waals surface area contributed by atoms with Crippen LogP contribution in [0.1, 0.15) is 5.69 Å². The second kappa shape index (κ2) is 4.18. The number of benzene rings is 1. The maximum absolute atomic E-state index is 8.74. The molecule has 0 amide bonds. The van der Waals surface area contributed by atoms with Gasteiger partial charge in [-0.05, 0) is 23.6 Å². The van der Waals surface area contributed by atoms with E-state index in [9.17, 15) is 0 Å². The summed E-state index contributed by atoms with van der Waals surface area (Å²) in [6.07, 6.45) is 3.17. The van der Waals surface area contributed by atoms with Crippen LogP contribution in [0.5, 0.6) is 11.6 Å². The van der Waals surface area contributed by atoms with Crippen molar-refractivity contribution in [2.45, 2.75) is 0 Å². The van der Waals surface area contributed by atoms with Crippen molar-refractivity contribution in [3.8, 4) is 17.7 Å². The van der Waals surface area contributed by atoms with Gasteiger partial charge in [0.2, 0.25) is 5.88 Å². The van der Waals surface area contributed by atoms with E-state index in [1.165, 1.54) is 12.4 Å². The Morgan fingerprint density at radius 1 is 1.17 bits per heavy atom. The predicted molar refractivity (Wildman–Crippen MR) is 65.1 cm³/mol. The standard InChI is InChI=1S/C13H8N4O/c14-7-10-5-13(17-8-16-10)18-11-2-1-9-3-4-15-12(9)6-11/h1-6,8,15H. The first-order chi connectivity index (χ1) is 8.85. The monoisotopic (exact) mass is 236 g/mol. The molecule has 5 nitrogen and oxygen atoms in total. The van der Waals surface area contributed by atoms with Crippen molar-refractivity contribution >= 4 is 10.9 Å². The van der Waals surface area contributed by atoms with E-state index < -0.39 is 0 Å². The lowest BCUT2D eigenvalue weighted by Gasteiger charge is -2.04. The van der Waals surface area contributed by atoms with Crippen LogP contribution in [0.25, 0.3) is 10.9 Å². The van der Waals surface area contributed by atoms with Crippen molar-refractivity contribution in [3.05, 3.63) is 48.5 Å². The summed E-state index contributed by atoms with van der Waals surface area (Å²) in [6.45, 7) is 0. The number of fused-ring (bicyclic) bond motifs is 1. The quantitative estimate of drug-likeness (QED) is 0.742. The molecule has 0 radical (unpaired) electrons. The van der Waals surface area contributed by atoms with Gasteiger partial charge in [-0.1, -0.05) is 0 Å². The number of hydrogen-bond donors (Lipinski definition) is 1. The molecule has 5 heteroatoms. The number of nitrogens with one attached hydrogen (secondary N) is 1. The van der Waals surface area contributed by atoms with Crippen LogP contribution in [0, 0.1) is 11.3 Å². The molecule has 0 atom stereocenters. The highest BCUT2D eigenvalue weighted by molar-refractivity contribution is 5.80. The van der Waals surface area contributed by atoms with E-state index in [-0.39, 0.29) is 5.69 Å². The Bertz CT molecular complexity index is 742. The Morgan fingerprint density at radius 2 is 2.11 bits per heavy atom. The number of nitriles is 1. The molecule has 1 N–H and O–H groups in total. The molecular weight excluding hydrogens is 228 g/mol. The fraction of sp³-hybridized carbons (Fsp3) is 0. The number of ether oxygens (including phenoxy) is 1. The highest BCUT2D eigenvalue weighted by Crippen LogP contribution is 2.23. The minimum Gasteiger partial charge on any atom is -0.439 e. The van der Waals surface area contributed by atoms with Crippen LogP contribution in [0.15, 0.2) is 42.9 Å². The second-order valence-corrected chi connectivity index (χ2v) is 3.68. The van der Waals surface area contributed by atoms with E-state index in [1.54, 1.807) is 0 Å². The normalized spacial score (nSPS) is 10.2. The van der Waals surface area contributed by atoms with E-state index in [4.69, 9.17) is 10.00 Å². The Balaban J connectivity index is 1.93. The maximum Gasteiger partial charge on any atom is 0.223 e. The van der Waals surface area contributed by atoms with Gasteiger partial charge in [0, 0.05) is 23.8 Å². The van der Waals surface area contributed by atoms with E-state index in [0.717, 1.165) is 10.9 Å². The number of aromatic amines is 1. The molecule has 3 rings (SSSR count). The van der Waals surface area contributed by atoms with E-state index >= 15 is 0 Å². The molecule has 86 valence electrons. The molecule has 0 aliphatic rings. The summed E-state index contributed by atoms with van der Waals surface area (Å²) in [4.78, 5) is 10.8. The van der Waals surface area contributed by atoms with Gasteiger partial charge in [0.15, 0.2) is 0 Å². The van der Waals surface area contributed by atoms with E-state index in [0.29, 0.717) is 11.6 Å². The summed E-state index contributed by atoms with van der Waals surface area (Å²) in [5, 5.41) is 9.85. The molecular formula is C13H8N4O. The molecule has 0 saturated carbocycles. The summed E-state index contributed by atoms with van der Waals surface area (Å²) in [5.74, 6) is 1.01. The topological polar surface area (TPSA) is 74.6 Å². The van der Waals surface area contributed by atoms with Gasteiger partial charge in [-0.25, -0.2) is 9.97 Å². The molecule has 2 heterocycles. The van der Waals surface area contributed by atoms with Crippen molar-refractivity contribution in [2.24, 2.45) is 0 Å². The fourth-order valence-corrected chi connectivity index (χ4v) is 1.67. The molecule has 0 bridgehead atoms. The SMILES string of the molecule is N#Cc1cc(Oc2ccc3cc[nH]c3c2)ncn1. The van der Waals surface area contributed by atoms with E-state index in [2.05, 4.69) is 15.0 Å². The van der Waals surface area contributed by atoms with Gasteiger partial charge in [-0.3, -0.25) is 0 Å². The number of H-pyrrole nitrogens is 1. The van der Waals surface area contributed by atoms with Crippen LogP contribution < -0.4 is 4.74 Å². The molecule has 1 aromatic carbocycles. The molecule has 0 fully saturated rings. The lowest BCUT2D eigenvalue weighted by atomic mass is 10.2. The number of nitrogens with zero attached hydrogens (tertiary/aromatic N) is 3. The summed E-state index contributed by atoms with van der Waals surface area (Å²) in [6, 6.07) is 11.1. The first kappa shape index (κ1) is 10.3. The first-order valence-electron chi connectivity index (χ1n) is 5.32. The van der Waals surface area contributed by atoms with Gasteiger partial charge in [0.05, 0.1) is 0 Å². The van der Waals surface area contributed by atoms with Crippen molar-refractivity contribution in [1.82, 2.24) is 15.0 Å². The third-order valence-electron chi connectivity index (χ3n) is 2.51. The lowest BCUT2D eigenvalue weighted by molar-refractivity contribution is 0.462. The predicted octanol–water partition coefficient (Wildman–Crippen LogP) is 2.62. The summed E-state index contributed by atoms with van der Waals surface area (Å²) < 4.78 is 5.58. The highest BCUT2D eigenvalue weighted by atomic mass is 16.5. The molecule has 2 aromatic heterocycles. The van der Waals surface area contributed by atoms with Gasteiger partial charge in [0.1, 0.15) is 23.8 Å². The van der Waals surface area contributed by atoms with E-state index in [1.807, 2.05) is 36.5 Å². The summed E-state index contributed by atoms with van der Waals surface area (Å²) in [7, 11) is 0. The lowest BCUT2D eigenvalue weighted by Crippen LogP contribution is -1.90. The zero-order chi connectivity index (χ0) is 12.4. The molecule has 0 unspecified atom stereocenters. The number of aromatic nitrogens is 3. The smallest absolute Gasteiger partial charge is 0.223 e. The Kier molecular flexibility index (Phi) is 2.39. The first-order valence-corrected chi connectivity index (χ1v) is 5.32. The van der Waals surface area contributed by atoms with Crippen LogP contribution in [-0.4, -0.2) is 15.0 Å². The minimum absolute atomic E-state index is 0.279. The molecule has 18 heavy (non-hydrogen) atoms. The fourth-order valence-electron chi connectivity index (χ4n) is 1.67. The van der Waals surface area contributed by atoms with Crippen LogP contribution >= 0.6 is 0 Å². The van der Waals surface area contributed by atoms with Crippen molar-refractivity contribution in [3.63, 3.8) is 0 Å². The van der Waals surface area contributed by atoms with Crippen LogP contribution in [0.3, 0.4) is 0 Å². The zero-order valence-electron chi connectivity index (χ0n) is 9.29. The third kappa shape index (κ3) is 1.87. The number of hydrogen-bond acceptors (Lipinski definition) is 4. The summed E-state index contributed by atoms with van der Waals surface area (Å²) >= 11 is 0. The Hall–Kier alpha value is -2.87. The maximum atomic E-state index is 8.74. The second-order valence-electron chi connectivity index (χ2n) is 3.68. The average molecular weight is 236 g/mol. The average Bonchev–Trinajstić information content (AvgIpc) is 2.86. The Morgan fingerprint density at radius 3 is 3.00 bits per heavy atom. The molecule has 0 aliphatic heterocycles. The third-order valence-corrected chi connectivity index (χ3v) is 2.51. The highest BCUT2D eigenvalue weighted by Gasteiger charge is 2.02.